The van der Waals surface area contributed by atoms with E-state index in [1.54, 1.807) is 0 Å². The fraction of sp³-hybridized carbons (Fsp3) is 0. The van der Waals surface area contributed by atoms with Crippen LogP contribution in [-0.4, -0.2) is 15.0 Å². The maximum absolute atomic E-state index is 8.58. The summed E-state index contributed by atoms with van der Waals surface area (Å²) in [6.45, 7) is 0. The lowest BCUT2D eigenvalue weighted by atomic mass is 9.99. The third-order valence-electron chi connectivity index (χ3n) is 7.84. The van der Waals surface area contributed by atoms with Crippen LogP contribution in [0.5, 0.6) is 0 Å². The summed E-state index contributed by atoms with van der Waals surface area (Å²) in [7, 11) is 0. The summed E-state index contributed by atoms with van der Waals surface area (Å²) in [5.74, 6) is 0.583. The fourth-order valence-electron chi connectivity index (χ4n) is 5.80. The highest BCUT2D eigenvalue weighted by atomic mass is 16.3. The van der Waals surface area contributed by atoms with E-state index in [1.807, 2.05) is 97.1 Å². The number of aromatic nitrogens is 3. The molecule has 0 spiro atoms. The Labute approximate surface area is 259 Å². The first kappa shape index (κ1) is 19.9. The van der Waals surface area contributed by atoms with Gasteiger partial charge in [0, 0.05) is 49.4 Å². The lowest BCUT2D eigenvalue weighted by molar-refractivity contribution is 0.665. The molecule has 206 valence electrons. The summed E-state index contributed by atoms with van der Waals surface area (Å²) >= 11 is 0. The lowest BCUT2D eigenvalue weighted by Gasteiger charge is -2.08. The number of fused-ring (bicyclic) bond motifs is 6. The van der Waals surface area contributed by atoms with Crippen molar-refractivity contribution in [2.24, 2.45) is 0 Å². The summed E-state index contributed by atoms with van der Waals surface area (Å²) < 4.78 is 54.5. The molecule has 5 heteroatoms. The van der Waals surface area contributed by atoms with Gasteiger partial charge in [0.15, 0.2) is 17.5 Å². The number of nitrogens with zero attached hydrogens (tertiary/aromatic N) is 3. The summed E-state index contributed by atoms with van der Waals surface area (Å²) in [5.41, 5.74) is 6.06. The third-order valence-corrected chi connectivity index (χ3v) is 7.84. The summed E-state index contributed by atoms with van der Waals surface area (Å²) in [6, 6.07) is 32.9. The van der Waals surface area contributed by atoms with Gasteiger partial charge in [-0.3, -0.25) is 0 Å². The molecule has 0 aliphatic heterocycles. The van der Waals surface area contributed by atoms with Crippen LogP contribution in [0.3, 0.4) is 0 Å². The van der Waals surface area contributed by atoms with Gasteiger partial charge in [0.2, 0.25) is 0 Å². The molecular formula is C39H23N3O2. The molecule has 0 aliphatic carbocycles. The van der Waals surface area contributed by atoms with Gasteiger partial charge in [0.1, 0.15) is 22.3 Å². The molecule has 0 atom stereocenters. The Hall–Kier alpha value is -6.07. The van der Waals surface area contributed by atoms with Crippen LogP contribution in [0, 0.1) is 0 Å². The second-order valence-electron chi connectivity index (χ2n) is 10.4. The van der Waals surface area contributed by atoms with E-state index in [0.29, 0.717) is 28.1 Å². The van der Waals surface area contributed by atoms with Gasteiger partial charge in [-0.05, 0) is 24.3 Å². The van der Waals surface area contributed by atoms with Gasteiger partial charge in [-0.1, -0.05) is 115 Å². The second-order valence-corrected chi connectivity index (χ2v) is 10.4. The Bertz CT molecular complexity index is 2760. The van der Waals surface area contributed by atoms with Crippen LogP contribution in [0.2, 0.25) is 0 Å². The predicted molar refractivity (Wildman–Crippen MR) is 176 cm³/mol. The molecular weight excluding hydrogens is 542 g/mol. The molecule has 0 saturated heterocycles. The van der Waals surface area contributed by atoms with Crippen molar-refractivity contribution < 1.29 is 15.7 Å². The zero-order valence-electron chi connectivity index (χ0n) is 28.1. The minimum absolute atomic E-state index is 0.0146. The van der Waals surface area contributed by atoms with Crippen molar-refractivity contribution in [2.75, 3.05) is 0 Å². The molecule has 5 nitrogen and oxygen atoms in total. The SMILES string of the molecule is [2H]c1c([2H])c([2H])c(-c2nc(-c3ccccc3)nc(-c3ccc4oc5c(-c6cccc7c6oc6ccccc67)cccc5c4c3)n2)c([2H])c1[2H]. The van der Waals surface area contributed by atoms with E-state index in [4.69, 9.17) is 25.7 Å². The van der Waals surface area contributed by atoms with Crippen molar-refractivity contribution in [3.63, 3.8) is 0 Å². The monoisotopic (exact) mass is 570 g/mol. The molecule has 0 fully saturated rings. The van der Waals surface area contributed by atoms with Crippen molar-refractivity contribution in [3.05, 3.63) is 139 Å². The average Bonchev–Trinajstić information content (AvgIpc) is 3.72. The maximum atomic E-state index is 8.58. The van der Waals surface area contributed by atoms with Crippen LogP contribution >= 0.6 is 0 Å². The van der Waals surface area contributed by atoms with E-state index in [9.17, 15) is 0 Å². The van der Waals surface area contributed by atoms with Gasteiger partial charge in [0.25, 0.3) is 0 Å². The van der Waals surface area contributed by atoms with Crippen LogP contribution < -0.4 is 0 Å². The number of hydrogen-bond acceptors (Lipinski definition) is 5. The fourth-order valence-corrected chi connectivity index (χ4v) is 5.80. The second kappa shape index (κ2) is 9.75. The molecule has 0 aliphatic rings. The Morgan fingerprint density at radius 1 is 0.432 bits per heavy atom. The molecule has 0 amide bonds. The first-order valence-corrected chi connectivity index (χ1v) is 14.1. The minimum Gasteiger partial charge on any atom is -0.455 e. The Balaban J connectivity index is 1.25. The molecule has 3 heterocycles. The van der Waals surface area contributed by atoms with E-state index < -0.39 is 18.1 Å². The van der Waals surface area contributed by atoms with Crippen LogP contribution in [0.4, 0.5) is 0 Å². The van der Waals surface area contributed by atoms with E-state index >= 15 is 0 Å². The predicted octanol–water partition coefficient (Wildman–Crippen LogP) is 10.3. The van der Waals surface area contributed by atoms with Gasteiger partial charge in [-0.25, -0.2) is 15.0 Å². The molecule has 3 aromatic heterocycles. The number of hydrogen-bond donors (Lipinski definition) is 0. The van der Waals surface area contributed by atoms with Crippen molar-refractivity contribution in [1.82, 2.24) is 15.0 Å². The molecule has 9 rings (SSSR count). The summed E-state index contributed by atoms with van der Waals surface area (Å²) in [5, 5.41) is 3.82. The van der Waals surface area contributed by atoms with E-state index in [1.165, 1.54) is 0 Å². The molecule has 0 N–H and O–H groups in total. The number of rotatable bonds is 4. The highest BCUT2D eigenvalue weighted by molar-refractivity contribution is 6.15. The van der Waals surface area contributed by atoms with Crippen molar-refractivity contribution >= 4 is 43.9 Å². The maximum Gasteiger partial charge on any atom is 0.164 e. The Morgan fingerprint density at radius 2 is 1.00 bits per heavy atom. The number of benzene rings is 6. The van der Waals surface area contributed by atoms with Crippen LogP contribution in [0.1, 0.15) is 6.85 Å². The summed E-state index contributed by atoms with van der Waals surface area (Å²) in [6.07, 6.45) is 0. The van der Waals surface area contributed by atoms with Gasteiger partial charge in [-0.2, -0.15) is 0 Å². The van der Waals surface area contributed by atoms with Crippen LogP contribution in [0.25, 0.3) is 89.2 Å². The molecule has 0 bridgehead atoms. The number of furan rings is 2. The molecule has 0 radical (unpaired) electrons. The minimum atomic E-state index is -0.482. The first-order valence-electron chi connectivity index (χ1n) is 16.6. The van der Waals surface area contributed by atoms with Gasteiger partial charge in [0.05, 0.1) is 6.85 Å². The first-order chi connectivity index (χ1) is 23.9. The lowest BCUT2D eigenvalue weighted by Crippen LogP contribution is -2.00. The quantitative estimate of drug-likeness (QED) is 0.211. The third kappa shape index (κ3) is 3.91. The number of para-hydroxylation sites is 3. The molecule has 6 aromatic carbocycles. The highest BCUT2D eigenvalue weighted by Crippen LogP contribution is 2.41. The van der Waals surface area contributed by atoms with E-state index in [-0.39, 0.29) is 29.3 Å². The van der Waals surface area contributed by atoms with Crippen molar-refractivity contribution in [2.45, 2.75) is 0 Å². The van der Waals surface area contributed by atoms with Crippen molar-refractivity contribution in [3.8, 4) is 45.3 Å². The Morgan fingerprint density at radius 3 is 1.73 bits per heavy atom. The average molecular weight is 571 g/mol. The van der Waals surface area contributed by atoms with Crippen molar-refractivity contribution in [1.29, 1.82) is 0 Å². The van der Waals surface area contributed by atoms with E-state index in [2.05, 4.69) is 17.1 Å². The smallest absolute Gasteiger partial charge is 0.164 e. The van der Waals surface area contributed by atoms with Crippen LogP contribution in [-0.2, 0) is 0 Å². The standard InChI is InChI=1S/C39H23N3O2/c1-3-11-24(12-4-1)37-40-38(25-13-5-2-6-14-25)42-39(41-37)26-21-22-34-32(23-26)31-19-10-18-30(36(31)44-34)29-17-9-16-28-27-15-7-8-20-33(27)43-35(28)29/h1-23H/i1D,3D,4D,11D,12D. The zero-order chi connectivity index (χ0) is 33.4. The zero-order valence-corrected chi connectivity index (χ0v) is 23.1. The van der Waals surface area contributed by atoms with Gasteiger partial charge < -0.3 is 8.83 Å². The molecule has 44 heavy (non-hydrogen) atoms. The molecule has 9 aromatic rings. The largest absolute Gasteiger partial charge is 0.455 e. The summed E-state index contributed by atoms with van der Waals surface area (Å²) in [4.78, 5) is 14.1. The normalized spacial score (nSPS) is 13.2. The van der Waals surface area contributed by atoms with Gasteiger partial charge >= 0.3 is 0 Å². The highest BCUT2D eigenvalue weighted by Gasteiger charge is 2.19. The van der Waals surface area contributed by atoms with E-state index in [0.717, 1.165) is 43.8 Å². The van der Waals surface area contributed by atoms with Crippen LogP contribution in [0.15, 0.2) is 148 Å². The van der Waals surface area contributed by atoms with Gasteiger partial charge in [-0.15, -0.1) is 0 Å². The molecule has 0 saturated carbocycles. The molecule has 0 unspecified atom stereocenters. The Kier molecular flexibility index (Phi) is 4.42. The topological polar surface area (TPSA) is 65.0 Å².